The van der Waals surface area contributed by atoms with Crippen LogP contribution in [0, 0.1) is 6.92 Å². The Morgan fingerprint density at radius 1 is 1.25 bits per heavy atom. The van der Waals surface area contributed by atoms with Crippen LogP contribution in [0.4, 0.5) is 10.5 Å². The Balaban J connectivity index is 1.59. The van der Waals surface area contributed by atoms with Crippen molar-refractivity contribution in [1.82, 2.24) is 10.2 Å². The van der Waals surface area contributed by atoms with Crippen LogP contribution < -0.4 is 10.6 Å². The zero-order valence-electron chi connectivity index (χ0n) is 13.6. The van der Waals surface area contributed by atoms with Crippen LogP contribution in [-0.2, 0) is 11.3 Å². The standard InChI is InChI=1S/C18H21N3O2S/c1-13-9-11-24-16(13)12-19-17(22)15-8-5-10-21(15)18(23)20-14-6-3-2-4-7-14/h2-4,6-7,9,11,15H,5,8,10,12H2,1H3,(H,19,22)(H,20,23). The average molecular weight is 343 g/mol. The number of para-hydroxylation sites is 1. The third-order valence-corrected chi connectivity index (χ3v) is 5.26. The van der Waals surface area contributed by atoms with Crippen LogP contribution in [0.1, 0.15) is 23.3 Å². The fourth-order valence-electron chi connectivity index (χ4n) is 2.87. The van der Waals surface area contributed by atoms with Gasteiger partial charge in [-0.25, -0.2) is 4.79 Å². The molecule has 1 saturated heterocycles. The second-order valence-electron chi connectivity index (χ2n) is 5.89. The van der Waals surface area contributed by atoms with E-state index in [-0.39, 0.29) is 11.9 Å². The fraction of sp³-hybridized carbons (Fsp3) is 0.333. The Morgan fingerprint density at radius 2 is 2.04 bits per heavy atom. The molecule has 2 N–H and O–H groups in total. The molecule has 1 unspecified atom stereocenters. The fourth-order valence-corrected chi connectivity index (χ4v) is 3.72. The molecule has 0 bridgehead atoms. The molecule has 0 saturated carbocycles. The van der Waals surface area contributed by atoms with Crippen LogP contribution >= 0.6 is 11.3 Å². The van der Waals surface area contributed by atoms with Crippen molar-refractivity contribution in [3.8, 4) is 0 Å². The number of benzene rings is 1. The maximum absolute atomic E-state index is 12.5. The van der Waals surface area contributed by atoms with Crippen molar-refractivity contribution in [2.24, 2.45) is 0 Å². The van der Waals surface area contributed by atoms with Gasteiger partial charge in [0.15, 0.2) is 0 Å². The van der Waals surface area contributed by atoms with Crippen LogP contribution in [0.5, 0.6) is 0 Å². The van der Waals surface area contributed by atoms with Crippen molar-refractivity contribution in [2.75, 3.05) is 11.9 Å². The molecule has 1 aromatic heterocycles. The van der Waals surface area contributed by atoms with Gasteiger partial charge in [-0.3, -0.25) is 4.79 Å². The van der Waals surface area contributed by atoms with Crippen molar-refractivity contribution in [1.29, 1.82) is 0 Å². The van der Waals surface area contributed by atoms with Gasteiger partial charge >= 0.3 is 6.03 Å². The first-order valence-corrected chi connectivity index (χ1v) is 8.96. The molecule has 6 heteroatoms. The molecule has 1 fully saturated rings. The predicted octanol–water partition coefficient (Wildman–Crippen LogP) is 3.37. The Labute approximate surface area is 145 Å². The number of thiophene rings is 1. The van der Waals surface area contributed by atoms with E-state index in [2.05, 4.69) is 10.6 Å². The minimum atomic E-state index is -0.394. The molecule has 0 radical (unpaired) electrons. The van der Waals surface area contributed by atoms with Gasteiger partial charge in [-0.2, -0.15) is 0 Å². The van der Waals surface area contributed by atoms with E-state index in [1.807, 2.05) is 48.7 Å². The van der Waals surface area contributed by atoms with Crippen molar-refractivity contribution >= 4 is 29.0 Å². The molecule has 3 rings (SSSR count). The lowest BCUT2D eigenvalue weighted by molar-refractivity contribution is -0.124. The van der Waals surface area contributed by atoms with Crippen molar-refractivity contribution < 1.29 is 9.59 Å². The van der Waals surface area contributed by atoms with Gasteiger partial charge in [0.1, 0.15) is 6.04 Å². The first-order chi connectivity index (χ1) is 11.6. The van der Waals surface area contributed by atoms with Crippen molar-refractivity contribution in [3.63, 3.8) is 0 Å². The summed E-state index contributed by atoms with van der Waals surface area (Å²) in [5.41, 5.74) is 1.92. The lowest BCUT2D eigenvalue weighted by atomic mass is 10.2. The number of nitrogens with one attached hydrogen (secondary N) is 2. The molecule has 2 heterocycles. The van der Waals surface area contributed by atoms with Gasteiger partial charge in [-0.1, -0.05) is 18.2 Å². The van der Waals surface area contributed by atoms with E-state index in [0.717, 1.165) is 17.0 Å². The summed E-state index contributed by atoms with van der Waals surface area (Å²) in [6.45, 7) is 3.16. The minimum absolute atomic E-state index is 0.0801. The van der Waals surface area contributed by atoms with Gasteiger partial charge in [-0.15, -0.1) is 11.3 Å². The molecule has 1 aromatic carbocycles. The number of anilines is 1. The molecule has 2 aromatic rings. The third-order valence-electron chi connectivity index (χ3n) is 4.23. The number of urea groups is 1. The summed E-state index contributed by atoms with van der Waals surface area (Å²) in [4.78, 5) is 27.7. The van der Waals surface area contributed by atoms with Crippen LogP contribution in [0.2, 0.25) is 0 Å². The molecule has 24 heavy (non-hydrogen) atoms. The summed E-state index contributed by atoms with van der Waals surface area (Å²) < 4.78 is 0. The number of amides is 3. The summed E-state index contributed by atoms with van der Waals surface area (Å²) in [6.07, 6.45) is 1.55. The summed E-state index contributed by atoms with van der Waals surface area (Å²) in [5, 5.41) is 7.84. The third kappa shape index (κ3) is 3.76. The molecule has 1 atom stereocenters. The summed E-state index contributed by atoms with van der Waals surface area (Å²) in [5.74, 6) is -0.0801. The number of hydrogen-bond acceptors (Lipinski definition) is 3. The van der Waals surface area contributed by atoms with Gasteiger partial charge in [0, 0.05) is 17.1 Å². The SMILES string of the molecule is Cc1ccsc1CNC(=O)C1CCCN1C(=O)Nc1ccccc1. The van der Waals surface area contributed by atoms with Gasteiger partial charge in [0.2, 0.25) is 5.91 Å². The highest BCUT2D eigenvalue weighted by Gasteiger charge is 2.34. The van der Waals surface area contributed by atoms with Crippen molar-refractivity contribution in [2.45, 2.75) is 32.4 Å². The summed E-state index contributed by atoms with van der Waals surface area (Å²) in [6, 6.07) is 10.7. The Bertz CT molecular complexity index is 714. The zero-order valence-corrected chi connectivity index (χ0v) is 14.4. The van der Waals surface area contributed by atoms with E-state index >= 15 is 0 Å². The number of likely N-dealkylation sites (tertiary alicyclic amines) is 1. The highest BCUT2D eigenvalue weighted by Crippen LogP contribution is 2.20. The van der Waals surface area contributed by atoms with E-state index in [0.29, 0.717) is 19.5 Å². The molecule has 126 valence electrons. The molecule has 3 amide bonds. The van der Waals surface area contributed by atoms with Gasteiger partial charge in [-0.05, 0) is 48.9 Å². The van der Waals surface area contributed by atoms with Crippen molar-refractivity contribution in [3.05, 3.63) is 52.2 Å². The average Bonchev–Trinajstić information content (AvgIpc) is 3.22. The molecular formula is C18H21N3O2S. The van der Waals surface area contributed by atoms with Crippen LogP contribution in [0.3, 0.4) is 0 Å². The van der Waals surface area contributed by atoms with Crippen LogP contribution in [0.15, 0.2) is 41.8 Å². The monoisotopic (exact) mass is 343 g/mol. The highest BCUT2D eigenvalue weighted by atomic mass is 32.1. The van der Waals surface area contributed by atoms with E-state index in [1.165, 1.54) is 5.56 Å². The van der Waals surface area contributed by atoms with Gasteiger partial charge in [0.05, 0.1) is 6.54 Å². The van der Waals surface area contributed by atoms with Crippen LogP contribution in [-0.4, -0.2) is 29.4 Å². The molecular weight excluding hydrogens is 322 g/mol. The number of rotatable bonds is 4. The largest absolute Gasteiger partial charge is 0.349 e. The maximum atomic E-state index is 12.5. The summed E-state index contributed by atoms with van der Waals surface area (Å²) in [7, 11) is 0. The summed E-state index contributed by atoms with van der Waals surface area (Å²) >= 11 is 1.64. The second kappa shape index (κ2) is 7.49. The van der Waals surface area contributed by atoms with E-state index in [9.17, 15) is 9.59 Å². The Kier molecular flexibility index (Phi) is 5.15. The number of carbonyl (C=O) groups is 2. The molecule has 0 spiro atoms. The van der Waals surface area contributed by atoms with E-state index < -0.39 is 6.04 Å². The number of carbonyl (C=O) groups excluding carboxylic acids is 2. The predicted molar refractivity (Wildman–Crippen MR) is 96.1 cm³/mol. The lowest BCUT2D eigenvalue weighted by Gasteiger charge is -2.24. The first kappa shape index (κ1) is 16.5. The van der Waals surface area contributed by atoms with Gasteiger partial charge in [0.25, 0.3) is 0 Å². The highest BCUT2D eigenvalue weighted by molar-refractivity contribution is 7.10. The van der Waals surface area contributed by atoms with E-state index in [4.69, 9.17) is 0 Å². The van der Waals surface area contributed by atoms with Crippen LogP contribution in [0.25, 0.3) is 0 Å². The smallest absolute Gasteiger partial charge is 0.322 e. The molecule has 1 aliphatic heterocycles. The topological polar surface area (TPSA) is 61.4 Å². The molecule has 1 aliphatic rings. The molecule has 0 aliphatic carbocycles. The normalized spacial score (nSPS) is 16.9. The number of nitrogens with zero attached hydrogens (tertiary/aromatic N) is 1. The molecule has 5 nitrogen and oxygen atoms in total. The number of hydrogen-bond donors (Lipinski definition) is 2. The first-order valence-electron chi connectivity index (χ1n) is 8.08. The maximum Gasteiger partial charge on any atom is 0.322 e. The Hall–Kier alpha value is -2.34. The second-order valence-corrected chi connectivity index (χ2v) is 6.89. The Morgan fingerprint density at radius 3 is 2.75 bits per heavy atom. The quantitative estimate of drug-likeness (QED) is 0.894. The van der Waals surface area contributed by atoms with E-state index in [1.54, 1.807) is 16.2 Å². The minimum Gasteiger partial charge on any atom is -0.349 e. The number of aryl methyl sites for hydroxylation is 1. The zero-order chi connectivity index (χ0) is 16.9. The lowest BCUT2D eigenvalue weighted by Crippen LogP contribution is -2.47. The van der Waals surface area contributed by atoms with Gasteiger partial charge < -0.3 is 15.5 Å².